The van der Waals surface area contributed by atoms with Gasteiger partial charge >= 0.3 is 0 Å². The Morgan fingerprint density at radius 1 is 1.39 bits per heavy atom. The van der Waals surface area contributed by atoms with E-state index >= 15 is 0 Å². The predicted octanol–water partition coefficient (Wildman–Crippen LogP) is 1.61. The van der Waals surface area contributed by atoms with Crippen LogP contribution in [0.15, 0.2) is 10.8 Å². The van der Waals surface area contributed by atoms with Crippen LogP contribution in [0.1, 0.15) is 20.3 Å². The van der Waals surface area contributed by atoms with Crippen molar-refractivity contribution >= 4 is 33.5 Å². The summed E-state index contributed by atoms with van der Waals surface area (Å²) in [7, 11) is 1.78. The van der Waals surface area contributed by atoms with Crippen molar-refractivity contribution in [3.05, 3.63) is 10.8 Å². The van der Waals surface area contributed by atoms with Gasteiger partial charge in [-0.3, -0.25) is 4.79 Å². The van der Waals surface area contributed by atoms with Crippen molar-refractivity contribution in [1.82, 2.24) is 15.3 Å². The number of nitrogens with one attached hydrogen (secondary N) is 3. The molecule has 0 saturated heterocycles. The maximum Gasteiger partial charge on any atom is 0.221 e. The smallest absolute Gasteiger partial charge is 0.221 e. The summed E-state index contributed by atoms with van der Waals surface area (Å²) in [5, 5.41) is 8.87. The van der Waals surface area contributed by atoms with Gasteiger partial charge in [0.15, 0.2) is 0 Å². The number of aromatic nitrogens is 2. The molecule has 0 aliphatic heterocycles. The first-order valence-corrected chi connectivity index (χ1v) is 6.55. The Hall–Kier alpha value is -1.37. The Balaban J connectivity index is 2.47. The number of carbonyl (C=O) groups is 1. The molecule has 0 atom stereocenters. The van der Waals surface area contributed by atoms with Gasteiger partial charge in [0.25, 0.3) is 0 Å². The van der Waals surface area contributed by atoms with E-state index < -0.39 is 0 Å². The normalized spacial score (nSPS) is 10.3. The second kappa shape index (κ2) is 7.15. The zero-order chi connectivity index (χ0) is 13.5. The summed E-state index contributed by atoms with van der Waals surface area (Å²) in [5.74, 6) is 1.40. The number of rotatable bonds is 6. The zero-order valence-corrected chi connectivity index (χ0v) is 12.3. The summed E-state index contributed by atoms with van der Waals surface area (Å²) in [6.07, 6.45) is 1.87. The zero-order valence-electron chi connectivity index (χ0n) is 10.7. The van der Waals surface area contributed by atoms with Gasteiger partial charge in [0, 0.05) is 26.1 Å². The van der Waals surface area contributed by atoms with Gasteiger partial charge in [-0.1, -0.05) is 0 Å². The summed E-state index contributed by atoms with van der Waals surface area (Å²) in [4.78, 5) is 19.6. The number of carbonyl (C=O) groups excluding carboxylic acids is 1. The van der Waals surface area contributed by atoms with E-state index in [0.29, 0.717) is 24.6 Å². The highest BCUT2D eigenvalue weighted by Gasteiger charge is 2.08. The van der Waals surface area contributed by atoms with Crippen molar-refractivity contribution < 1.29 is 4.79 Å². The standard InChI is InChI=1S/C11H18BrN5O/c1-7(2)17-8(18)4-5-14-11-9(12)10(13-3)15-6-16-11/h6-7H,4-5H2,1-3H3,(H,17,18)(H2,13,14,15,16). The van der Waals surface area contributed by atoms with Gasteiger partial charge in [0.05, 0.1) is 0 Å². The molecule has 0 fully saturated rings. The molecule has 0 aliphatic carbocycles. The summed E-state index contributed by atoms with van der Waals surface area (Å²) in [6, 6.07) is 0.166. The Morgan fingerprint density at radius 3 is 2.67 bits per heavy atom. The largest absolute Gasteiger partial charge is 0.372 e. The highest BCUT2D eigenvalue weighted by molar-refractivity contribution is 9.10. The number of hydrogen-bond donors (Lipinski definition) is 3. The molecule has 7 heteroatoms. The van der Waals surface area contributed by atoms with E-state index in [4.69, 9.17) is 0 Å². The van der Waals surface area contributed by atoms with Gasteiger partial charge in [-0.15, -0.1) is 0 Å². The van der Waals surface area contributed by atoms with Gasteiger partial charge in [-0.05, 0) is 29.8 Å². The number of halogens is 1. The fourth-order valence-electron chi connectivity index (χ4n) is 1.36. The van der Waals surface area contributed by atoms with Crippen LogP contribution in [-0.4, -0.2) is 35.5 Å². The fraction of sp³-hybridized carbons (Fsp3) is 0.545. The molecule has 6 nitrogen and oxygen atoms in total. The molecule has 0 saturated carbocycles. The van der Waals surface area contributed by atoms with E-state index in [0.717, 1.165) is 4.47 Å². The molecule has 1 aromatic rings. The van der Waals surface area contributed by atoms with E-state index in [1.54, 1.807) is 7.05 Å². The highest BCUT2D eigenvalue weighted by Crippen LogP contribution is 2.25. The van der Waals surface area contributed by atoms with Crippen LogP contribution in [0.25, 0.3) is 0 Å². The third-order valence-corrected chi connectivity index (χ3v) is 2.87. The van der Waals surface area contributed by atoms with Gasteiger partial charge < -0.3 is 16.0 Å². The van der Waals surface area contributed by atoms with Gasteiger partial charge in [0.1, 0.15) is 22.4 Å². The Kier molecular flexibility index (Phi) is 5.84. The van der Waals surface area contributed by atoms with Crippen LogP contribution in [0.3, 0.4) is 0 Å². The first kappa shape index (κ1) is 14.7. The SMILES string of the molecule is CNc1ncnc(NCCC(=O)NC(C)C)c1Br. The number of amides is 1. The third-order valence-electron chi connectivity index (χ3n) is 2.12. The molecule has 100 valence electrons. The minimum atomic E-state index is 0.0246. The molecule has 3 N–H and O–H groups in total. The molecule has 0 bridgehead atoms. The molecule has 0 aromatic carbocycles. The van der Waals surface area contributed by atoms with Gasteiger partial charge in [-0.25, -0.2) is 9.97 Å². The van der Waals surface area contributed by atoms with Crippen LogP contribution in [0.2, 0.25) is 0 Å². The molecule has 1 rings (SSSR count). The van der Waals surface area contributed by atoms with Crippen molar-refractivity contribution in [3.63, 3.8) is 0 Å². The average molecular weight is 316 g/mol. The van der Waals surface area contributed by atoms with E-state index in [1.807, 2.05) is 13.8 Å². The number of hydrogen-bond acceptors (Lipinski definition) is 5. The minimum absolute atomic E-state index is 0.0246. The van der Waals surface area contributed by atoms with E-state index in [-0.39, 0.29) is 11.9 Å². The Bertz CT molecular complexity index is 410. The quantitative estimate of drug-likeness (QED) is 0.743. The summed E-state index contributed by atoms with van der Waals surface area (Å²) < 4.78 is 0.761. The average Bonchev–Trinajstić information content (AvgIpc) is 2.30. The molecule has 1 amide bonds. The van der Waals surface area contributed by atoms with Crippen LogP contribution in [0, 0.1) is 0 Å². The maximum atomic E-state index is 11.4. The lowest BCUT2D eigenvalue weighted by atomic mass is 10.3. The summed E-state index contributed by atoms with van der Waals surface area (Å²) >= 11 is 3.40. The molecule has 1 aromatic heterocycles. The second-order valence-corrected chi connectivity index (χ2v) is 4.83. The lowest BCUT2D eigenvalue weighted by Gasteiger charge is -2.11. The Morgan fingerprint density at radius 2 is 2.06 bits per heavy atom. The van der Waals surface area contributed by atoms with Crippen LogP contribution < -0.4 is 16.0 Å². The maximum absolute atomic E-state index is 11.4. The Labute approximate surface area is 115 Å². The molecule has 0 aliphatic rings. The van der Waals surface area contributed by atoms with Gasteiger partial charge in [0.2, 0.25) is 5.91 Å². The fourth-order valence-corrected chi connectivity index (χ4v) is 1.90. The van der Waals surface area contributed by atoms with Crippen molar-refractivity contribution in [2.24, 2.45) is 0 Å². The third kappa shape index (κ3) is 4.48. The molecular weight excluding hydrogens is 298 g/mol. The molecule has 0 radical (unpaired) electrons. The lowest BCUT2D eigenvalue weighted by molar-refractivity contribution is -0.121. The summed E-state index contributed by atoms with van der Waals surface area (Å²) in [5.41, 5.74) is 0. The first-order valence-electron chi connectivity index (χ1n) is 5.76. The number of anilines is 2. The molecule has 1 heterocycles. The minimum Gasteiger partial charge on any atom is -0.372 e. The van der Waals surface area contributed by atoms with Crippen LogP contribution >= 0.6 is 15.9 Å². The molecule has 0 spiro atoms. The lowest BCUT2D eigenvalue weighted by Crippen LogP contribution is -2.31. The molecule has 18 heavy (non-hydrogen) atoms. The van der Waals surface area contributed by atoms with Crippen molar-refractivity contribution in [2.45, 2.75) is 26.3 Å². The van der Waals surface area contributed by atoms with E-state index in [1.165, 1.54) is 6.33 Å². The monoisotopic (exact) mass is 315 g/mol. The highest BCUT2D eigenvalue weighted by atomic mass is 79.9. The van der Waals surface area contributed by atoms with Crippen LogP contribution in [0.4, 0.5) is 11.6 Å². The first-order chi connectivity index (χ1) is 8.54. The molecular formula is C11H18BrN5O. The molecule has 0 unspecified atom stereocenters. The number of nitrogens with zero attached hydrogens (tertiary/aromatic N) is 2. The second-order valence-electron chi connectivity index (χ2n) is 4.03. The summed E-state index contributed by atoms with van der Waals surface area (Å²) in [6.45, 7) is 4.40. The van der Waals surface area contributed by atoms with Crippen molar-refractivity contribution in [2.75, 3.05) is 24.2 Å². The van der Waals surface area contributed by atoms with E-state index in [9.17, 15) is 4.79 Å². The van der Waals surface area contributed by atoms with E-state index in [2.05, 4.69) is 41.8 Å². The van der Waals surface area contributed by atoms with Crippen molar-refractivity contribution in [1.29, 1.82) is 0 Å². The van der Waals surface area contributed by atoms with Crippen molar-refractivity contribution in [3.8, 4) is 0 Å². The van der Waals surface area contributed by atoms with Crippen LogP contribution in [0.5, 0.6) is 0 Å². The van der Waals surface area contributed by atoms with Gasteiger partial charge in [-0.2, -0.15) is 0 Å². The van der Waals surface area contributed by atoms with Crippen LogP contribution in [-0.2, 0) is 4.79 Å². The topological polar surface area (TPSA) is 78.9 Å². The predicted molar refractivity (Wildman–Crippen MR) is 75.7 cm³/mol.